The van der Waals surface area contributed by atoms with Gasteiger partial charge in [0.15, 0.2) is 0 Å². The lowest BCUT2D eigenvalue weighted by Gasteiger charge is -2.08. The van der Waals surface area contributed by atoms with Crippen molar-refractivity contribution in [2.24, 2.45) is 7.05 Å². The van der Waals surface area contributed by atoms with Crippen LogP contribution in [0.1, 0.15) is 10.4 Å². The minimum atomic E-state index is -0.220. The van der Waals surface area contributed by atoms with Gasteiger partial charge in [-0.3, -0.25) is 4.79 Å². The van der Waals surface area contributed by atoms with E-state index in [2.05, 4.69) is 20.6 Å². The van der Waals surface area contributed by atoms with Crippen molar-refractivity contribution < 1.29 is 9.53 Å². The first-order valence-corrected chi connectivity index (χ1v) is 8.59. The van der Waals surface area contributed by atoms with Crippen LogP contribution in [-0.4, -0.2) is 37.6 Å². The Morgan fingerprint density at radius 1 is 1.14 bits per heavy atom. The Balaban J connectivity index is 1.57. The molecule has 4 rings (SSSR count). The molecule has 0 saturated carbocycles. The topological polar surface area (TPSA) is 86.9 Å². The van der Waals surface area contributed by atoms with Crippen LogP contribution in [0.4, 0.5) is 5.69 Å². The van der Waals surface area contributed by atoms with Gasteiger partial charge in [-0.2, -0.15) is 0 Å². The zero-order valence-corrected chi connectivity index (χ0v) is 15.4. The van der Waals surface area contributed by atoms with Crippen LogP contribution >= 0.6 is 0 Å². The molecule has 0 fully saturated rings. The number of nitrogens with one attached hydrogen (secondary N) is 1. The van der Waals surface area contributed by atoms with E-state index >= 15 is 0 Å². The van der Waals surface area contributed by atoms with Crippen molar-refractivity contribution in [2.75, 3.05) is 12.4 Å². The van der Waals surface area contributed by atoms with Crippen molar-refractivity contribution in [1.29, 1.82) is 0 Å². The molecule has 0 atom stereocenters. The maximum atomic E-state index is 12.6. The third-order valence-corrected chi connectivity index (χ3v) is 4.27. The summed E-state index contributed by atoms with van der Waals surface area (Å²) in [5.74, 6) is 0.457. The van der Waals surface area contributed by atoms with Gasteiger partial charge in [-0.15, -0.1) is 5.10 Å². The van der Waals surface area contributed by atoms with Crippen molar-refractivity contribution in [3.8, 4) is 22.8 Å². The first-order chi connectivity index (χ1) is 13.6. The Kier molecular flexibility index (Phi) is 4.59. The normalized spacial score (nSPS) is 10.6. The molecular weight excluding hydrogens is 356 g/mol. The third kappa shape index (κ3) is 3.48. The highest BCUT2D eigenvalue weighted by Crippen LogP contribution is 2.19. The summed E-state index contributed by atoms with van der Waals surface area (Å²) in [5, 5.41) is 11.2. The van der Waals surface area contributed by atoms with Crippen LogP contribution in [0.3, 0.4) is 0 Å². The molecule has 0 spiro atoms. The minimum absolute atomic E-state index is 0.220. The highest BCUT2D eigenvalue weighted by Gasteiger charge is 2.11. The molecule has 1 N–H and O–H groups in total. The van der Waals surface area contributed by atoms with Crippen LogP contribution in [0.5, 0.6) is 5.75 Å². The zero-order chi connectivity index (χ0) is 19.5. The summed E-state index contributed by atoms with van der Waals surface area (Å²) in [6.45, 7) is 0. The van der Waals surface area contributed by atoms with Gasteiger partial charge >= 0.3 is 0 Å². The number of hydrogen-bond acceptors (Lipinski definition) is 5. The first-order valence-electron chi connectivity index (χ1n) is 8.59. The Morgan fingerprint density at radius 2 is 2.00 bits per heavy atom. The van der Waals surface area contributed by atoms with Gasteiger partial charge in [0.2, 0.25) is 0 Å². The van der Waals surface area contributed by atoms with E-state index in [1.54, 1.807) is 54.8 Å². The molecule has 2 aromatic carbocycles. The number of nitrogens with zero attached hydrogens (tertiary/aromatic N) is 5. The summed E-state index contributed by atoms with van der Waals surface area (Å²) in [5.41, 5.74) is 3.47. The Labute approximate surface area is 161 Å². The van der Waals surface area contributed by atoms with Gasteiger partial charge in [0.1, 0.15) is 11.4 Å². The number of methoxy groups -OCH3 is 1. The minimum Gasteiger partial charge on any atom is -0.497 e. The molecule has 0 aliphatic rings. The predicted molar refractivity (Wildman–Crippen MR) is 105 cm³/mol. The SMILES string of the molecule is COc1cccc(NC(=O)c2cccc(-n3cc(-c4cncn4C)nn3)c2)c1. The molecule has 8 nitrogen and oxygen atoms in total. The predicted octanol–water partition coefficient (Wildman–Crippen LogP) is 2.93. The largest absolute Gasteiger partial charge is 0.497 e. The molecule has 0 aliphatic carbocycles. The molecule has 0 unspecified atom stereocenters. The van der Waals surface area contributed by atoms with Crippen molar-refractivity contribution >= 4 is 11.6 Å². The van der Waals surface area contributed by atoms with E-state index in [0.717, 1.165) is 11.4 Å². The molecular formula is C20H18N6O2. The number of hydrogen-bond donors (Lipinski definition) is 1. The Morgan fingerprint density at radius 3 is 2.79 bits per heavy atom. The quantitative estimate of drug-likeness (QED) is 0.580. The average Bonchev–Trinajstić information content (AvgIpc) is 3.37. The maximum absolute atomic E-state index is 12.6. The second-order valence-corrected chi connectivity index (χ2v) is 6.17. The molecule has 28 heavy (non-hydrogen) atoms. The summed E-state index contributed by atoms with van der Waals surface area (Å²) >= 11 is 0. The van der Waals surface area contributed by atoms with Crippen molar-refractivity contribution in [3.05, 3.63) is 72.8 Å². The van der Waals surface area contributed by atoms with Gasteiger partial charge in [0.25, 0.3) is 5.91 Å². The standard InChI is InChI=1S/C20H18N6O2/c1-25-13-21-11-19(25)18-12-26(24-23-18)16-7-3-5-14(9-16)20(27)22-15-6-4-8-17(10-15)28-2/h3-13H,1-2H3,(H,22,27). The van der Waals surface area contributed by atoms with Crippen LogP contribution in [0.25, 0.3) is 17.1 Å². The van der Waals surface area contributed by atoms with Crippen molar-refractivity contribution in [2.45, 2.75) is 0 Å². The number of amides is 1. The fourth-order valence-electron chi connectivity index (χ4n) is 2.81. The third-order valence-electron chi connectivity index (χ3n) is 4.27. The van der Waals surface area contributed by atoms with E-state index in [1.807, 2.05) is 35.9 Å². The maximum Gasteiger partial charge on any atom is 0.255 e. The lowest BCUT2D eigenvalue weighted by atomic mass is 10.2. The molecule has 0 bridgehead atoms. The summed E-state index contributed by atoms with van der Waals surface area (Å²) in [6, 6.07) is 14.4. The second-order valence-electron chi connectivity index (χ2n) is 6.17. The molecule has 2 aromatic heterocycles. The molecule has 0 aliphatic heterocycles. The van der Waals surface area contributed by atoms with Gasteiger partial charge in [0.05, 0.1) is 37.2 Å². The van der Waals surface area contributed by atoms with Crippen LogP contribution < -0.4 is 10.1 Å². The molecule has 4 aromatic rings. The summed E-state index contributed by atoms with van der Waals surface area (Å²) in [4.78, 5) is 16.7. The molecule has 140 valence electrons. The highest BCUT2D eigenvalue weighted by molar-refractivity contribution is 6.04. The van der Waals surface area contributed by atoms with E-state index in [9.17, 15) is 4.79 Å². The van der Waals surface area contributed by atoms with E-state index in [4.69, 9.17) is 4.74 Å². The van der Waals surface area contributed by atoms with E-state index in [1.165, 1.54) is 0 Å². The van der Waals surface area contributed by atoms with Crippen LogP contribution in [0.15, 0.2) is 67.3 Å². The van der Waals surface area contributed by atoms with Crippen molar-refractivity contribution in [3.63, 3.8) is 0 Å². The zero-order valence-electron chi connectivity index (χ0n) is 15.4. The van der Waals surface area contributed by atoms with Gasteiger partial charge in [-0.1, -0.05) is 17.3 Å². The number of carbonyl (C=O) groups excluding carboxylic acids is 1. The summed E-state index contributed by atoms with van der Waals surface area (Å²) < 4.78 is 8.68. The van der Waals surface area contributed by atoms with Gasteiger partial charge in [0, 0.05) is 24.4 Å². The Hall–Kier alpha value is -3.94. The highest BCUT2D eigenvalue weighted by atomic mass is 16.5. The number of benzene rings is 2. The van der Waals surface area contributed by atoms with Gasteiger partial charge in [-0.25, -0.2) is 9.67 Å². The molecule has 0 radical (unpaired) electrons. The number of rotatable bonds is 5. The number of anilines is 1. The van der Waals surface area contributed by atoms with Gasteiger partial charge < -0.3 is 14.6 Å². The Bertz CT molecular complexity index is 1130. The van der Waals surface area contributed by atoms with E-state index in [0.29, 0.717) is 22.7 Å². The lowest BCUT2D eigenvalue weighted by molar-refractivity contribution is 0.102. The van der Waals surface area contributed by atoms with E-state index < -0.39 is 0 Å². The van der Waals surface area contributed by atoms with Crippen LogP contribution in [0, 0.1) is 0 Å². The van der Waals surface area contributed by atoms with Crippen molar-refractivity contribution in [1.82, 2.24) is 24.5 Å². The second kappa shape index (κ2) is 7.36. The van der Waals surface area contributed by atoms with Gasteiger partial charge in [-0.05, 0) is 30.3 Å². The monoisotopic (exact) mass is 374 g/mol. The average molecular weight is 374 g/mol. The van der Waals surface area contributed by atoms with E-state index in [-0.39, 0.29) is 5.91 Å². The molecule has 8 heteroatoms. The number of imidazole rings is 1. The lowest BCUT2D eigenvalue weighted by Crippen LogP contribution is -2.12. The fourth-order valence-corrected chi connectivity index (χ4v) is 2.81. The number of aryl methyl sites for hydroxylation is 1. The summed E-state index contributed by atoms with van der Waals surface area (Å²) in [6.07, 6.45) is 5.24. The number of ether oxygens (including phenoxy) is 1. The van der Waals surface area contributed by atoms with Crippen LogP contribution in [-0.2, 0) is 7.05 Å². The molecule has 1 amide bonds. The van der Waals surface area contributed by atoms with Crippen LogP contribution in [0.2, 0.25) is 0 Å². The first kappa shape index (κ1) is 17.5. The number of aromatic nitrogens is 5. The summed E-state index contributed by atoms with van der Waals surface area (Å²) in [7, 11) is 3.48. The molecule has 2 heterocycles. The molecule has 0 saturated heterocycles. The smallest absolute Gasteiger partial charge is 0.255 e. The number of carbonyl (C=O) groups is 1. The fraction of sp³-hybridized carbons (Fsp3) is 0.100.